The van der Waals surface area contributed by atoms with Gasteiger partial charge in [-0.05, 0) is 55.3 Å². The molecule has 6 heteroatoms. The van der Waals surface area contributed by atoms with E-state index in [1.54, 1.807) is 23.2 Å². The summed E-state index contributed by atoms with van der Waals surface area (Å²) in [6.45, 7) is 4.44. The fourth-order valence-corrected chi connectivity index (χ4v) is 4.23. The number of anilines is 1. The molecule has 28 heavy (non-hydrogen) atoms. The maximum absolute atomic E-state index is 13.4. The van der Waals surface area contributed by atoms with Crippen LogP contribution in [0.2, 0.25) is 5.02 Å². The average Bonchev–Trinajstić information content (AvgIpc) is 3.14. The third-order valence-corrected chi connectivity index (χ3v) is 6.07. The molecule has 2 aromatic heterocycles. The van der Waals surface area contributed by atoms with Gasteiger partial charge in [0.25, 0.3) is 5.91 Å². The van der Waals surface area contributed by atoms with Crippen LogP contribution in [0.5, 0.6) is 0 Å². The van der Waals surface area contributed by atoms with E-state index in [1.165, 1.54) is 16.9 Å². The fourth-order valence-electron chi connectivity index (χ4n) is 2.99. The lowest BCUT2D eigenvalue weighted by atomic mass is 10.1. The third kappa shape index (κ3) is 3.51. The number of fused-ring (bicyclic) bond motifs is 1. The maximum Gasteiger partial charge on any atom is 0.261 e. The van der Waals surface area contributed by atoms with Crippen LogP contribution < -0.4 is 4.90 Å². The van der Waals surface area contributed by atoms with Gasteiger partial charge in [0.15, 0.2) is 5.13 Å². The first-order chi connectivity index (χ1) is 13.5. The molecule has 2 aromatic carbocycles. The molecule has 0 aliphatic carbocycles. The molecule has 4 nitrogen and oxygen atoms in total. The highest BCUT2D eigenvalue weighted by Crippen LogP contribution is 2.33. The van der Waals surface area contributed by atoms with Crippen LogP contribution in [0.4, 0.5) is 5.13 Å². The first kappa shape index (κ1) is 18.6. The molecule has 0 radical (unpaired) electrons. The van der Waals surface area contributed by atoms with Gasteiger partial charge in [0.05, 0.1) is 33.0 Å². The van der Waals surface area contributed by atoms with Gasteiger partial charge in [0.1, 0.15) is 0 Å². The number of hydrogen-bond acceptors (Lipinski definition) is 4. The number of rotatable bonds is 4. The van der Waals surface area contributed by atoms with E-state index >= 15 is 0 Å². The van der Waals surface area contributed by atoms with Gasteiger partial charge in [0, 0.05) is 6.20 Å². The minimum absolute atomic E-state index is 0.190. The standard InChI is InChI=1S/C22H18ClN3OS/c1-14-10-11-19-20(15(14)2)25-22(28-19)26(13-16-7-5-6-12-24-16)21(27)17-8-3-4-9-18(17)23/h3-12H,13H2,1-2H3. The van der Waals surface area contributed by atoms with Gasteiger partial charge in [-0.25, -0.2) is 4.98 Å². The van der Waals surface area contributed by atoms with Gasteiger partial charge in [0.2, 0.25) is 0 Å². The summed E-state index contributed by atoms with van der Waals surface area (Å²) in [7, 11) is 0. The largest absolute Gasteiger partial charge is 0.278 e. The van der Waals surface area contributed by atoms with Crippen molar-refractivity contribution in [1.29, 1.82) is 0 Å². The number of pyridine rings is 1. The quantitative estimate of drug-likeness (QED) is 0.429. The fraction of sp³-hybridized carbons (Fsp3) is 0.136. The molecule has 0 unspecified atom stereocenters. The second-order valence-corrected chi connectivity index (χ2v) is 7.96. The van der Waals surface area contributed by atoms with Crippen LogP contribution >= 0.6 is 22.9 Å². The van der Waals surface area contributed by atoms with Crippen LogP contribution in [0, 0.1) is 13.8 Å². The van der Waals surface area contributed by atoms with Gasteiger partial charge in [-0.2, -0.15) is 0 Å². The van der Waals surface area contributed by atoms with Crippen molar-refractivity contribution in [2.45, 2.75) is 20.4 Å². The van der Waals surface area contributed by atoms with Crippen LogP contribution in [0.3, 0.4) is 0 Å². The Morgan fingerprint density at radius 2 is 1.86 bits per heavy atom. The molecule has 2 heterocycles. The molecule has 140 valence electrons. The van der Waals surface area contributed by atoms with Crippen LogP contribution in [-0.2, 0) is 6.54 Å². The van der Waals surface area contributed by atoms with Crippen LogP contribution in [0.15, 0.2) is 60.8 Å². The van der Waals surface area contributed by atoms with E-state index in [0.717, 1.165) is 21.5 Å². The second kappa shape index (κ2) is 7.70. The molecular formula is C22H18ClN3OS. The minimum Gasteiger partial charge on any atom is -0.278 e. The van der Waals surface area contributed by atoms with Gasteiger partial charge in [-0.1, -0.05) is 47.2 Å². The van der Waals surface area contributed by atoms with Crippen molar-refractivity contribution in [2.24, 2.45) is 0 Å². The Morgan fingerprint density at radius 3 is 2.61 bits per heavy atom. The summed E-state index contributed by atoms with van der Waals surface area (Å²) < 4.78 is 1.05. The first-order valence-corrected chi connectivity index (χ1v) is 10.1. The van der Waals surface area contributed by atoms with Crippen molar-refractivity contribution in [3.8, 4) is 0 Å². The summed E-state index contributed by atoms with van der Waals surface area (Å²) in [5.74, 6) is -0.190. The summed E-state index contributed by atoms with van der Waals surface area (Å²) in [5.41, 5.74) is 4.47. The van der Waals surface area contributed by atoms with Crippen molar-refractivity contribution in [1.82, 2.24) is 9.97 Å². The van der Waals surface area contributed by atoms with Crippen molar-refractivity contribution in [3.05, 3.63) is 88.2 Å². The van der Waals surface area contributed by atoms with E-state index in [4.69, 9.17) is 16.6 Å². The highest BCUT2D eigenvalue weighted by Gasteiger charge is 2.24. The zero-order valence-corrected chi connectivity index (χ0v) is 17.1. The second-order valence-electron chi connectivity index (χ2n) is 6.54. The molecule has 4 aromatic rings. The Balaban J connectivity index is 1.82. The topological polar surface area (TPSA) is 46.1 Å². The highest BCUT2D eigenvalue weighted by molar-refractivity contribution is 7.22. The number of halogens is 1. The lowest BCUT2D eigenvalue weighted by Gasteiger charge is -2.20. The molecule has 0 aliphatic heterocycles. The Labute approximate surface area is 172 Å². The third-order valence-electron chi connectivity index (χ3n) is 4.70. The number of amides is 1. The molecule has 0 saturated carbocycles. The monoisotopic (exact) mass is 407 g/mol. The first-order valence-electron chi connectivity index (χ1n) is 8.87. The normalized spacial score (nSPS) is 11.0. The maximum atomic E-state index is 13.4. The minimum atomic E-state index is -0.190. The predicted molar refractivity (Wildman–Crippen MR) is 115 cm³/mol. The zero-order valence-electron chi connectivity index (χ0n) is 15.5. The molecule has 1 amide bonds. The SMILES string of the molecule is Cc1ccc2sc(N(Cc3ccccn3)C(=O)c3ccccc3Cl)nc2c1C. The van der Waals surface area contributed by atoms with Gasteiger partial charge in [-0.15, -0.1) is 0 Å². The summed E-state index contributed by atoms with van der Waals surface area (Å²) in [5, 5.41) is 1.06. The van der Waals surface area contributed by atoms with Gasteiger partial charge >= 0.3 is 0 Å². The van der Waals surface area contributed by atoms with E-state index in [2.05, 4.69) is 31.0 Å². The number of carbonyl (C=O) groups excluding carboxylic acids is 1. The van der Waals surface area contributed by atoms with Crippen molar-refractivity contribution in [3.63, 3.8) is 0 Å². The smallest absolute Gasteiger partial charge is 0.261 e. The summed E-state index contributed by atoms with van der Waals surface area (Å²) in [4.78, 5) is 24.2. The van der Waals surface area contributed by atoms with Crippen molar-refractivity contribution < 1.29 is 4.79 Å². The molecule has 0 bridgehead atoms. The molecule has 0 spiro atoms. The highest BCUT2D eigenvalue weighted by atomic mass is 35.5. The predicted octanol–water partition coefficient (Wildman–Crippen LogP) is 5.81. The Morgan fingerprint density at radius 1 is 1.07 bits per heavy atom. The molecule has 0 atom stereocenters. The van der Waals surface area contributed by atoms with Gasteiger partial charge in [-0.3, -0.25) is 14.7 Å². The zero-order chi connectivity index (χ0) is 19.7. The summed E-state index contributed by atoms with van der Waals surface area (Å²) in [6, 6.07) is 16.9. The average molecular weight is 408 g/mol. The van der Waals surface area contributed by atoms with E-state index in [-0.39, 0.29) is 5.91 Å². The molecule has 0 aliphatic rings. The number of benzene rings is 2. The summed E-state index contributed by atoms with van der Waals surface area (Å²) >= 11 is 7.80. The Bertz CT molecular complexity index is 1160. The van der Waals surface area contributed by atoms with Crippen molar-refractivity contribution >= 4 is 44.2 Å². The molecule has 0 saturated heterocycles. The van der Waals surface area contributed by atoms with E-state index in [1.807, 2.05) is 30.3 Å². The number of carbonyl (C=O) groups is 1. The van der Waals surface area contributed by atoms with E-state index < -0.39 is 0 Å². The van der Waals surface area contributed by atoms with Crippen molar-refractivity contribution in [2.75, 3.05) is 4.90 Å². The molecule has 4 rings (SSSR count). The van der Waals surface area contributed by atoms with Gasteiger partial charge < -0.3 is 0 Å². The molecular weight excluding hydrogens is 390 g/mol. The van der Waals surface area contributed by atoms with E-state index in [0.29, 0.717) is 22.3 Å². The number of aromatic nitrogens is 2. The Hall–Kier alpha value is -2.76. The van der Waals surface area contributed by atoms with Crippen LogP contribution in [0.25, 0.3) is 10.2 Å². The van der Waals surface area contributed by atoms with Crippen LogP contribution in [0.1, 0.15) is 27.2 Å². The van der Waals surface area contributed by atoms with Crippen LogP contribution in [-0.4, -0.2) is 15.9 Å². The lowest BCUT2D eigenvalue weighted by molar-refractivity contribution is 0.0985. The van der Waals surface area contributed by atoms with E-state index in [9.17, 15) is 4.79 Å². The number of hydrogen-bond donors (Lipinski definition) is 0. The number of aryl methyl sites for hydroxylation is 2. The molecule has 0 N–H and O–H groups in total. The number of nitrogens with zero attached hydrogens (tertiary/aromatic N) is 3. The number of thiazole rings is 1. The summed E-state index contributed by atoms with van der Waals surface area (Å²) in [6.07, 6.45) is 1.72. The Kier molecular flexibility index (Phi) is 5.11. The lowest BCUT2D eigenvalue weighted by Crippen LogP contribution is -2.31. The molecule has 0 fully saturated rings.